The molecule has 2 fully saturated rings. The van der Waals surface area contributed by atoms with Crippen molar-refractivity contribution in [3.8, 4) is 0 Å². The summed E-state index contributed by atoms with van der Waals surface area (Å²) in [4.78, 5) is 0. The van der Waals surface area contributed by atoms with Crippen LogP contribution in [0, 0.1) is 17.3 Å². The van der Waals surface area contributed by atoms with Gasteiger partial charge in [-0.2, -0.15) is 26.3 Å². The van der Waals surface area contributed by atoms with Gasteiger partial charge in [0.15, 0.2) is 5.41 Å². The molecule has 1 saturated carbocycles. The third-order valence-corrected chi connectivity index (χ3v) is 3.21. The smallest absolute Gasteiger partial charge is 0.316 e. The van der Waals surface area contributed by atoms with Crippen LogP contribution in [-0.4, -0.2) is 25.4 Å². The molecule has 2 rings (SSSR count). The molecule has 2 aliphatic rings. The Morgan fingerprint density at radius 2 is 1.21 bits per heavy atom. The van der Waals surface area contributed by atoms with Crippen molar-refractivity contribution < 1.29 is 26.3 Å². The molecule has 82 valence electrons. The van der Waals surface area contributed by atoms with Gasteiger partial charge in [-0.1, -0.05) is 0 Å². The number of alkyl halides is 6. The van der Waals surface area contributed by atoms with E-state index in [2.05, 4.69) is 5.32 Å². The normalized spacial score (nSPS) is 35.6. The first kappa shape index (κ1) is 10.1. The zero-order valence-corrected chi connectivity index (χ0v) is 6.84. The molecule has 7 heteroatoms. The minimum absolute atomic E-state index is 0.191. The van der Waals surface area contributed by atoms with Crippen LogP contribution in [-0.2, 0) is 0 Å². The molecule has 2 atom stereocenters. The van der Waals surface area contributed by atoms with Gasteiger partial charge in [0, 0.05) is 11.8 Å². The molecule has 0 amide bonds. The summed E-state index contributed by atoms with van der Waals surface area (Å²) in [7, 11) is 0. The van der Waals surface area contributed by atoms with Crippen LogP contribution in [0.4, 0.5) is 26.3 Å². The Kier molecular flexibility index (Phi) is 1.71. The van der Waals surface area contributed by atoms with Gasteiger partial charge in [0.05, 0.1) is 0 Å². The molecule has 0 unspecified atom stereocenters. The summed E-state index contributed by atoms with van der Waals surface area (Å²) in [6.45, 7) is -0.382. The van der Waals surface area contributed by atoms with E-state index in [1.165, 1.54) is 0 Å². The van der Waals surface area contributed by atoms with Gasteiger partial charge in [0.1, 0.15) is 0 Å². The Morgan fingerprint density at radius 1 is 0.857 bits per heavy atom. The fraction of sp³-hybridized carbons (Fsp3) is 1.00. The summed E-state index contributed by atoms with van der Waals surface area (Å²) in [5.74, 6) is -2.63. The Hall–Kier alpha value is -0.460. The average molecular weight is 219 g/mol. The fourth-order valence-electron chi connectivity index (χ4n) is 2.54. The number of hydrogen-bond donors (Lipinski definition) is 1. The van der Waals surface area contributed by atoms with Crippen molar-refractivity contribution >= 4 is 0 Å². The number of halogens is 6. The molecule has 1 heterocycles. The summed E-state index contributed by atoms with van der Waals surface area (Å²) in [6.07, 6.45) is -10.4. The fourth-order valence-corrected chi connectivity index (χ4v) is 2.54. The summed E-state index contributed by atoms with van der Waals surface area (Å²) in [6, 6.07) is 0. The highest BCUT2D eigenvalue weighted by molar-refractivity contribution is 5.22. The van der Waals surface area contributed by atoms with Gasteiger partial charge in [-0.05, 0) is 13.1 Å². The molecular weight excluding hydrogens is 212 g/mol. The molecule has 0 spiro atoms. The molecule has 1 aliphatic carbocycles. The lowest BCUT2D eigenvalue weighted by molar-refractivity contribution is -0.311. The minimum Gasteiger partial charge on any atom is -0.316 e. The molecule has 0 radical (unpaired) electrons. The number of rotatable bonds is 0. The van der Waals surface area contributed by atoms with Crippen LogP contribution in [0.5, 0.6) is 0 Å². The van der Waals surface area contributed by atoms with Gasteiger partial charge in [-0.15, -0.1) is 0 Å². The van der Waals surface area contributed by atoms with Crippen molar-refractivity contribution in [1.82, 2.24) is 5.32 Å². The molecular formula is C7H7F6N. The summed E-state index contributed by atoms with van der Waals surface area (Å²) in [5.41, 5.74) is -3.43. The van der Waals surface area contributed by atoms with E-state index in [-0.39, 0.29) is 13.1 Å². The van der Waals surface area contributed by atoms with Crippen molar-refractivity contribution in [2.75, 3.05) is 13.1 Å². The molecule has 0 aromatic carbocycles. The molecule has 0 aromatic heterocycles. The highest BCUT2D eigenvalue weighted by Crippen LogP contribution is 2.74. The standard InChI is InChI=1S/C7H7F6N/c8-6(9,10)5(7(11,12)13)3-1-14-2-4(3)5/h3-4,14H,1-2H2/t3-,4-/m0/s1. The second-order valence-corrected chi connectivity index (χ2v) is 3.74. The first-order valence-corrected chi connectivity index (χ1v) is 4.07. The topological polar surface area (TPSA) is 12.0 Å². The van der Waals surface area contributed by atoms with Crippen LogP contribution in [0.2, 0.25) is 0 Å². The van der Waals surface area contributed by atoms with Crippen LogP contribution < -0.4 is 5.32 Å². The van der Waals surface area contributed by atoms with Crippen molar-refractivity contribution in [3.63, 3.8) is 0 Å². The first-order chi connectivity index (χ1) is 6.23. The Bertz CT molecular complexity index is 228. The average Bonchev–Trinajstić information content (AvgIpc) is 2.38. The predicted octanol–water partition coefficient (Wildman–Crippen LogP) is 1.95. The van der Waals surface area contributed by atoms with E-state index >= 15 is 0 Å². The Labute approximate surface area is 75.5 Å². The lowest BCUT2D eigenvalue weighted by Crippen LogP contribution is -2.45. The Morgan fingerprint density at radius 3 is 1.43 bits per heavy atom. The molecule has 0 aromatic rings. The molecule has 1 N–H and O–H groups in total. The predicted molar refractivity (Wildman–Crippen MR) is 34.4 cm³/mol. The van der Waals surface area contributed by atoms with E-state index in [9.17, 15) is 26.3 Å². The number of hydrogen-bond acceptors (Lipinski definition) is 1. The van der Waals surface area contributed by atoms with Gasteiger partial charge in [-0.25, -0.2) is 0 Å². The molecule has 1 saturated heterocycles. The summed E-state index contributed by atoms with van der Waals surface area (Å²) < 4.78 is 74.2. The lowest BCUT2D eigenvalue weighted by Gasteiger charge is -2.26. The quantitative estimate of drug-likeness (QED) is 0.614. The molecule has 0 bridgehead atoms. The van der Waals surface area contributed by atoms with Crippen molar-refractivity contribution in [1.29, 1.82) is 0 Å². The third kappa shape index (κ3) is 0.910. The SMILES string of the molecule is FC(F)(F)C1(C(F)(F)F)[C@H]2CNC[C@@H]21. The molecule has 14 heavy (non-hydrogen) atoms. The lowest BCUT2D eigenvalue weighted by atomic mass is 9.99. The van der Waals surface area contributed by atoms with Gasteiger partial charge < -0.3 is 5.32 Å². The zero-order chi connectivity index (χ0) is 10.8. The highest BCUT2D eigenvalue weighted by Gasteiger charge is 2.89. The van der Waals surface area contributed by atoms with E-state index < -0.39 is 29.6 Å². The van der Waals surface area contributed by atoms with E-state index in [1.807, 2.05) is 0 Å². The van der Waals surface area contributed by atoms with Crippen molar-refractivity contribution in [2.24, 2.45) is 17.3 Å². The maximum absolute atomic E-state index is 12.4. The third-order valence-electron chi connectivity index (χ3n) is 3.21. The number of piperidine rings is 1. The largest absolute Gasteiger partial charge is 0.403 e. The van der Waals surface area contributed by atoms with Crippen LogP contribution in [0.15, 0.2) is 0 Å². The summed E-state index contributed by atoms with van der Waals surface area (Å²) in [5, 5.41) is 2.52. The van der Waals surface area contributed by atoms with Crippen LogP contribution in [0.25, 0.3) is 0 Å². The van der Waals surface area contributed by atoms with Gasteiger partial charge in [0.2, 0.25) is 0 Å². The summed E-state index contributed by atoms with van der Waals surface area (Å²) >= 11 is 0. The monoisotopic (exact) mass is 219 g/mol. The van der Waals surface area contributed by atoms with Crippen LogP contribution in [0.3, 0.4) is 0 Å². The van der Waals surface area contributed by atoms with E-state index in [4.69, 9.17) is 0 Å². The van der Waals surface area contributed by atoms with Crippen molar-refractivity contribution in [2.45, 2.75) is 12.4 Å². The number of nitrogens with one attached hydrogen (secondary N) is 1. The minimum atomic E-state index is -5.18. The van der Waals surface area contributed by atoms with E-state index in [0.29, 0.717) is 0 Å². The molecule has 1 nitrogen and oxygen atoms in total. The highest BCUT2D eigenvalue weighted by atomic mass is 19.4. The van der Waals surface area contributed by atoms with Gasteiger partial charge in [0.25, 0.3) is 0 Å². The van der Waals surface area contributed by atoms with E-state index in [0.717, 1.165) is 0 Å². The van der Waals surface area contributed by atoms with Crippen molar-refractivity contribution in [3.05, 3.63) is 0 Å². The second kappa shape index (κ2) is 2.37. The molecule has 1 aliphatic heterocycles. The Balaban J connectivity index is 2.35. The second-order valence-electron chi connectivity index (χ2n) is 3.74. The number of fused-ring (bicyclic) bond motifs is 1. The van der Waals surface area contributed by atoms with Gasteiger partial charge in [-0.3, -0.25) is 0 Å². The van der Waals surface area contributed by atoms with Gasteiger partial charge >= 0.3 is 12.4 Å². The zero-order valence-electron chi connectivity index (χ0n) is 6.84. The van der Waals surface area contributed by atoms with Crippen LogP contribution in [0.1, 0.15) is 0 Å². The maximum Gasteiger partial charge on any atom is 0.403 e. The van der Waals surface area contributed by atoms with Crippen LogP contribution >= 0.6 is 0 Å². The van der Waals surface area contributed by atoms with E-state index in [1.54, 1.807) is 0 Å². The maximum atomic E-state index is 12.4. The first-order valence-electron chi connectivity index (χ1n) is 4.07.